The summed E-state index contributed by atoms with van der Waals surface area (Å²) in [5.74, 6) is -6.28. The summed E-state index contributed by atoms with van der Waals surface area (Å²) in [5.41, 5.74) is 6.04. The zero-order chi connectivity index (χ0) is 25.7. The number of nitriles is 1. The molecule has 0 spiro atoms. The van der Waals surface area contributed by atoms with E-state index < -0.39 is 42.2 Å². The molecule has 0 bridgehead atoms. The fraction of sp³-hybridized carbons (Fsp3) is 0.435. The summed E-state index contributed by atoms with van der Waals surface area (Å²) >= 11 is 0. The van der Waals surface area contributed by atoms with Crippen LogP contribution in [0.4, 0.5) is 22.0 Å². The standard InChI is InChI=1S/C23H25F5N4O2/c1-14(2)12-18(21(30)33)32(11-10-29)20(22(24,25)23(26,27)28)16-6-4-15(5-7-16)17-8-9-19(34-3)31-13-17/h4-9,13-14,18,20H,11-12H2,1-3H3,(H2,30,33)/t18-,20-/m0/s1. The maximum atomic E-state index is 14.9. The van der Waals surface area contributed by atoms with Crippen LogP contribution in [0.2, 0.25) is 0 Å². The maximum Gasteiger partial charge on any atom is 0.455 e. The second kappa shape index (κ2) is 10.8. The fourth-order valence-corrected chi connectivity index (χ4v) is 3.62. The highest BCUT2D eigenvalue weighted by molar-refractivity contribution is 5.80. The third-order valence-corrected chi connectivity index (χ3v) is 5.23. The number of nitrogens with two attached hydrogens (primary N) is 1. The molecule has 11 heteroatoms. The quantitative estimate of drug-likeness (QED) is 0.389. The van der Waals surface area contributed by atoms with Crippen LogP contribution < -0.4 is 10.5 Å². The lowest BCUT2D eigenvalue weighted by atomic mass is 9.92. The average molecular weight is 484 g/mol. The summed E-state index contributed by atoms with van der Waals surface area (Å²) in [5, 5.41) is 9.21. The molecule has 2 rings (SSSR count). The van der Waals surface area contributed by atoms with Crippen molar-refractivity contribution in [1.82, 2.24) is 9.88 Å². The van der Waals surface area contributed by atoms with Gasteiger partial charge in [0.1, 0.15) is 6.04 Å². The van der Waals surface area contributed by atoms with E-state index in [1.165, 1.54) is 25.4 Å². The van der Waals surface area contributed by atoms with Crippen molar-refractivity contribution in [2.24, 2.45) is 11.7 Å². The van der Waals surface area contributed by atoms with E-state index >= 15 is 0 Å². The first-order chi connectivity index (χ1) is 15.8. The Morgan fingerprint density at radius 3 is 2.12 bits per heavy atom. The van der Waals surface area contributed by atoms with Crippen LogP contribution in [-0.2, 0) is 4.79 Å². The highest BCUT2D eigenvalue weighted by atomic mass is 19.4. The Morgan fingerprint density at radius 1 is 1.12 bits per heavy atom. The van der Waals surface area contributed by atoms with Crippen LogP contribution >= 0.6 is 0 Å². The number of halogens is 5. The van der Waals surface area contributed by atoms with Gasteiger partial charge in [-0.1, -0.05) is 38.1 Å². The summed E-state index contributed by atoms with van der Waals surface area (Å²) in [4.78, 5) is 16.7. The van der Waals surface area contributed by atoms with Crippen LogP contribution in [0.3, 0.4) is 0 Å². The molecule has 0 aliphatic rings. The third-order valence-electron chi connectivity index (χ3n) is 5.23. The summed E-state index contributed by atoms with van der Waals surface area (Å²) in [6.45, 7) is 2.46. The molecular weight excluding hydrogens is 459 g/mol. The van der Waals surface area contributed by atoms with E-state index in [1.807, 2.05) is 0 Å². The number of nitrogens with zero attached hydrogens (tertiary/aromatic N) is 3. The largest absolute Gasteiger partial charge is 0.481 e. The summed E-state index contributed by atoms with van der Waals surface area (Å²) in [6, 6.07) is 5.62. The molecule has 1 aromatic heterocycles. The van der Waals surface area contributed by atoms with E-state index in [2.05, 4.69) is 4.98 Å². The van der Waals surface area contributed by atoms with Crippen molar-refractivity contribution in [3.05, 3.63) is 48.2 Å². The number of carbonyl (C=O) groups is 1. The number of amides is 1. The van der Waals surface area contributed by atoms with Gasteiger partial charge in [0.05, 0.1) is 25.8 Å². The summed E-state index contributed by atoms with van der Waals surface area (Å²) in [7, 11) is 1.43. The Kier molecular flexibility index (Phi) is 8.56. The number of aromatic nitrogens is 1. The number of methoxy groups -OCH3 is 1. The van der Waals surface area contributed by atoms with E-state index in [9.17, 15) is 32.0 Å². The lowest BCUT2D eigenvalue weighted by Gasteiger charge is -2.40. The lowest BCUT2D eigenvalue weighted by Crippen LogP contribution is -2.56. The van der Waals surface area contributed by atoms with Crippen molar-refractivity contribution < 1.29 is 31.5 Å². The molecule has 2 N–H and O–H groups in total. The topological polar surface area (TPSA) is 92.2 Å². The van der Waals surface area contributed by atoms with Crippen molar-refractivity contribution in [3.63, 3.8) is 0 Å². The van der Waals surface area contributed by atoms with Crippen LogP contribution in [0.5, 0.6) is 5.88 Å². The highest BCUT2D eigenvalue weighted by Crippen LogP contribution is 2.48. The smallest absolute Gasteiger partial charge is 0.455 e. The van der Waals surface area contributed by atoms with Gasteiger partial charge in [0.2, 0.25) is 11.8 Å². The number of ether oxygens (including phenoxy) is 1. The van der Waals surface area contributed by atoms with Crippen LogP contribution in [0.25, 0.3) is 11.1 Å². The van der Waals surface area contributed by atoms with Crippen LogP contribution in [0.1, 0.15) is 31.9 Å². The zero-order valence-electron chi connectivity index (χ0n) is 18.8. The molecule has 0 unspecified atom stereocenters. The number of alkyl halides is 5. The predicted molar refractivity (Wildman–Crippen MR) is 115 cm³/mol. The summed E-state index contributed by atoms with van der Waals surface area (Å²) in [6.07, 6.45) is -4.58. The molecule has 0 saturated carbocycles. The molecule has 0 fully saturated rings. The first-order valence-corrected chi connectivity index (χ1v) is 10.3. The van der Waals surface area contributed by atoms with Gasteiger partial charge in [-0.3, -0.25) is 9.69 Å². The minimum Gasteiger partial charge on any atom is -0.481 e. The van der Waals surface area contributed by atoms with Crippen molar-refractivity contribution in [2.45, 2.75) is 44.5 Å². The predicted octanol–water partition coefficient (Wildman–Crippen LogP) is 4.72. The van der Waals surface area contributed by atoms with E-state index in [-0.39, 0.29) is 12.3 Å². The third kappa shape index (κ3) is 5.99. The van der Waals surface area contributed by atoms with Crippen molar-refractivity contribution in [1.29, 1.82) is 5.26 Å². The minimum absolute atomic E-state index is 0.100. The Hall–Kier alpha value is -3.26. The summed E-state index contributed by atoms with van der Waals surface area (Å²) < 4.78 is 75.3. The molecular formula is C23H25F5N4O2. The van der Waals surface area contributed by atoms with Crippen LogP contribution in [-0.4, -0.2) is 47.6 Å². The fourth-order valence-electron chi connectivity index (χ4n) is 3.62. The molecule has 0 saturated heterocycles. The number of hydrogen-bond donors (Lipinski definition) is 1. The van der Waals surface area contributed by atoms with E-state index in [0.717, 1.165) is 12.1 Å². The van der Waals surface area contributed by atoms with Gasteiger partial charge in [-0.2, -0.15) is 27.2 Å². The molecule has 1 heterocycles. The van der Waals surface area contributed by atoms with Gasteiger partial charge < -0.3 is 10.5 Å². The number of rotatable bonds is 10. The van der Waals surface area contributed by atoms with Crippen LogP contribution in [0, 0.1) is 17.2 Å². The van der Waals surface area contributed by atoms with Crippen molar-refractivity contribution >= 4 is 5.91 Å². The van der Waals surface area contributed by atoms with E-state index in [0.29, 0.717) is 21.9 Å². The van der Waals surface area contributed by atoms with Gasteiger partial charge in [-0.05, 0) is 29.5 Å². The molecule has 2 atom stereocenters. The van der Waals surface area contributed by atoms with Gasteiger partial charge in [0.25, 0.3) is 0 Å². The number of hydrogen-bond acceptors (Lipinski definition) is 5. The molecule has 0 aliphatic heterocycles. The second-order valence-corrected chi connectivity index (χ2v) is 8.11. The van der Waals surface area contributed by atoms with Crippen molar-refractivity contribution in [2.75, 3.05) is 13.7 Å². The minimum atomic E-state index is -5.94. The number of pyridine rings is 1. The molecule has 1 aromatic carbocycles. The molecule has 1 amide bonds. The zero-order valence-corrected chi connectivity index (χ0v) is 18.8. The van der Waals surface area contributed by atoms with E-state index in [1.54, 1.807) is 32.0 Å². The molecule has 0 aliphatic carbocycles. The molecule has 184 valence electrons. The number of primary amides is 1. The van der Waals surface area contributed by atoms with Gasteiger partial charge in [-0.25, -0.2) is 4.98 Å². The Balaban J connectivity index is 2.61. The SMILES string of the molecule is COc1ccc(-c2ccc([C@H](N(CC#N)[C@@H](CC(C)C)C(N)=O)C(F)(F)C(F)(F)F)cc2)cn1. The van der Waals surface area contributed by atoms with Gasteiger partial charge in [0.15, 0.2) is 0 Å². The maximum absolute atomic E-state index is 14.9. The Labute approximate surface area is 194 Å². The monoisotopic (exact) mass is 484 g/mol. The van der Waals surface area contributed by atoms with Gasteiger partial charge in [0, 0.05) is 17.8 Å². The molecule has 6 nitrogen and oxygen atoms in total. The average Bonchev–Trinajstić information content (AvgIpc) is 2.76. The highest BCUT2D eigenvalue weighted by Gasteiger charge is 2.65. The first kappa shape index (κ1) is 27.0. The lowest BCUT2D eigenvalue weighted by molar-refractivity contribution is -0.306. The van der Waals surface area contributed by atoms with Crippen LogP contribution in [0.15, 0.2) is 42.6 Å². The van der Waals surface area contributed by atoms with Crippen molar-refractivity contribution in [3.8, 4) is 23.1 Å². The second-order valence-electron chi connectivity index (χ2n) is 8.11. The van der Waals surface area contributed by atoms with Gasteiger partial charge in [-0.15, -0.1) is 0 Å². The number of benzene rings is 1. The Bertz CT molecular complexity index is 1000. The molecule has 0 radical (unpaired) electrons. The molecule has 34 heavy (non-hydrogen) atoms. The Morgan fingerprint density at radius 2 is 1.71 bits per heavy atom. The molecule has 2 aromatic rings. The number of carbonyl (C=O) groups excluding carboxylic acids is 1. The van der Waals surface area contributed by atoms with E-state index in [4.69, 9.17) is 10.5 Å². The first-order valence-electron chi connectivity index (χ1n) is 10.3. The van der Waals surface area contributed by atoms with Gasteiger partial charge >= 0.3 is 12.1 Å². The normalized spacial score (nSPS) is 14.0.